The fourth-order valence-corrected chi connectivity index (χ4v) is 5.27. The molecule has 7 heteroatoms. The van der Waals surface area contributed by atoms with Crippen LogP contribution in [0.25, 0.3) is 0 Å². The third kappa shape index (κ3) is 6.71. The van der Waals surface area contributed by atoms with Crippen LogP contribution < -0.4 is 10.7 Å². The van der Waals surface area contributed by atoms with Crippen LogP contribution in [0.1, 0.15) is 105 Å². The molecular weight excluding hydrogens is 430 g/mol. The third-order valence-corrected chi connectivity index (χ3v) is 7.39. The number of carbonyl (C=O) groups excluding carboxylic acids is 2. The van der Waals surface area contributed by atoms with Crippen LogP contribution in [-0.2, 0) is 11.3 Å². The zero-order chi connectivity index (χ0) is 23.9. The highest BCUT2D eigenvalue weighted by atomic mass is 16.5. The maximum absolute atomic E-state index is 13.5. The lowest BCUT2D eigenvalue weighted by molar-refractivity contribution is 0.0743. The molecule has 2 aliphatic carbocycles. The Balaban J connectivity index is 1.60. The standard InChI is InChI=1S/C27H41N3O4/c1-2-14-30(16-20-12-13-20)27(33)24-19-29(17-22-11-8-15-34-22)18-23(25(24)31)26(32)28-21-9-6-4-3-5-7-10-21/h18-22H,2-17H2,1H3,(H,28,32)/t22-/m1/s1. The van der Waals surface area contributed by atoms with Gasteiger partial charge < -0.3 is 19.5 Å². The van der Waals surface area contributed by atoms with E-state index in [0.717, 1.165) is 64.4 Å². The second kappa shape index (κ2) is 12.0. The molecule has 2 amide bonds. The van der Waals surface area contributed by atoms with Crippen molar-refractivity contribution in [3.8, 4) is 0 Å². The predicted molar refractivity (Wildman–Crippen MR) is 132 cm³/mol. The summed E-state index contributed by atoms with van der Waals surface area (Å²) in [5.74, 6) is -0.0635. The molecular formula is C27H41N3O4. The molecule has 0 aromatic carbocycles. The monoisotopic (exact) mass is 471 g/mol. The van der Waals surface area contributed by atoms with Gasteiger partial charge in [0.15, 0.2) is 0 Å². The van der Waals surface area contributed by atoms with Crippen molar-refractivity contribution < 1.29 is 14.3 Å². The molecule has 2 saturated carbocycles. The number of rotatable bonds is 9. The van der Waals surface area contributed by atoms with E-state index >= 15 is 0 Å². The maximum Gasteiger partial charge on any atom is 0.259 e. The van der Waals surface area contributed by atoms with Gasteiger partial charge in [0, 0.05) is 44.7 Å². The molecule has 4 rings (SSSR count). The highest BCUT2D eigenvalue weighted by molar-refractivity contribution is 5.99. The van der Waals surface area contributed by atoms with Crippen LogP contribution in [0.15, 0.2) is 17.2 Å². The molecule has 0 unspecified atom stereocenters. The fourth-order valence-electron chi connectivity index (χ4n) is 5.27. The van der Waals surface area contributed by atoms with Crippen LogP contribution >= 0.6 is 0 Å². The summed E-state index contributed by atoms with van der Waals surface area (Å²) in [6, 6.07) is 0.0876. The maximum atomic E-state index is 13.5. The molecule has 188 valence electrons. The van der Waals surface area contributed by atoms with Gasteiger partial charge >= 0.3 is 0 Å². The number of pyridine rings is 1. The number of amides is 2. The first kappa shape index (κ1) is 25.0. The van der Waals surface area contributed by atoms with Crippen LogP contribution in [0, 0.1) is 5.92 Å². The highest BCUT2D eigenvalue weighted by Crippen LogP contribution is 2.30. The number of nitrogens with zero attached hydrogens (tertiary/aromatic N) is 2. The van der Waals surface area contributed by atoms with Crippen LogP contribution in [0.3, 0.4) is 0 Å². The summed E-state index contributed by atoms with van der Waals surface area (Å²) in [5, 5.41) is 3.12. The summed E-state index contributed by atoms with van der Waals surface area (Å²) in [4.78, 5) is 42.1. The Morgan fingerprint density at radius 1 is 1.00 bits per heavy atom. The lowest BCUT2D eigenvalue weighted by Crippen LogP contribution is -2.41. The molecule has 3 fully saturated rings. The number of hydrogen-bond acceptors (Lipinski definition) is 4. The van der Waals surface area contributed by atoms with E-state index in [1.54, 1.807) is 17.3 Å². The Morgan fingerprint density at radius 3 is 2.35 bits per heavy atom. The first-order valence-corrected chi connectivity index (χ1v) is 13.5. The van der Waals surface area contributed by atoms with E-state index in [-0.39, 0.29) is 35.1 Å². The van der Waals surface area contributed by atoms with Crippen LogP contribution in [0.4, 0.5) is 0 Å². The number of hydrogen-bond donors (Lipinski definition) is 1. The average molecular weight is 472 g/mol. The fraction of sp³-hybridized carbons (Fsp3) is 0.741. The molecule has 1 aliphatic heterocycles. The minimum absolute atomic E-state index is 0.0465. The minimum Gasteiger partial charge on any atom is -0.376 e. The molecule has 2 heterocycles. The summed E-state index contributed by atoms with van der Waals surface area (Å²) in [7, 11) is 0. The zero-order valence-corrected chi connectivity index (χ0v) is 20.7. The van der Waals surface area contributed by atoms with E-state index < -0.39 is 5.43 Å². The summed E-state index contributed by atoms with van der Waals surface area (Å²) >= 11 is 0. The molecule has 34 heavy (non-hydrogen) atoms. The van der Waals surface area contributed by atoms with Crippen molar-refractivity contribution >= 4 is 11.8 Å². The second-order valence-corrected chi connectivity index (χ2v) is 10.5. The van der Waals surface area contributed by atoms with Gasteiger partial charge in [-0.2, -0.15) is 0 Å². The van der Waals surface area contributed by atoms with Gasteiger partial charge in [0.05, 0.1) is 6.10 Å². The summed E-state index contributed by atoms with van der Waals surface area (Å²) < 4.78 is 7.62. The molecule has 3 aliphatic rings. The molecule has 1 saturated heterocycles. The largest absolute Gasteiger partial charge is 0.376 e. The van der Waals surface area contributed by atoms with Gasteiger partial charge in [-0.3, -0.25) is 14.4 Å². The molecule has 1 aromatic rings. The summed E-state index contributed by atoms with van der Waals surface area (Å²) in [5.41, 5.74) is -0.264. The highest BCUT2D eigenvalue weighted by Gasteiger charge is 2.30. The third-order valence-electron chi connectivity index (χ3n) is 7.39. The van der Waals surface area contributed by atoms with Crippen molar-refractivity contribution in [1.82, 2.24) is 14.8 Å². The van der Waals surface area contributed by atoms with E-state index in [1.807, 2.05) is 11.5 Å². The van der Waals surface area contributed by atoms with E-state index in [1.165, 1.54) is 19.3 Å². The van der Waals surface area contributed by atoms with Gasteiger partial charge in [0.25, 0.3) is 11.8 Å². The zero-order valence-electron chi connectivity index (χ0n) is 20.7. The molecule has 7 nitrogen and oxygen atoms in total. The first-order valence-electron chi connectivity index (χ1n) is 13.5. The molecule has 0 bridgehead atoms. The quantitative estimate of drug-likeness (QED) is 0.587. The van der Waals surface area contributed by atoms with Crippen molar-refractivity contribution in [3.63, 3.8) is 0 Å². The Hall–Kier alpha value is -2.15. The SMILES string of the molecule is CCCN(CC1CC1)C(=O)c1cn(C[C@H]2CCCO2)cc(C(=O)NC2CCCCCCC2)c1=O. The van der Waals surface area contributed by atoms with E-state index in [0.29, 0.717) is 25.6 Å². The molecule has 0 radical (unpaired) electrons. The number of nitrogens with one attached hydrogen (secondary N) is 1. The molecule has 0 spiro atoms. The van der Waals surface area contributed by atoms with Gasteiger partial charge in [-0.1, -0.05) is 39.0 Å². The van der Waals surface area contributed by atoms with Crippen LogP contribution in [-0.4, -0.2) is 53.1 Å². The predicted octanol–water partition coefficient (Wildman–Crippen LogP) is 4.13. The second-order valence-electron chi connectivity index (χ2n) is 10.5. The topological polar surface area (TPSA) is 80.6 Å². The van der Waals surface area contributed by atoms with Crippen LogP contribution in [0.5, 0.6) is 0 Å². The van der Waals surface area contributed by atoms with Crippen molar-refractivity contribution in [2.75, 3.05) is 19.7 Å². The molecule has 1 N–H and O–H groups in total. The Morgan fingerprint density at radius 2 is 1.71 bits per heavy atom. The van der Waals surface area contributed by atoms with Gasteiger partial charge in [-0.05, 0) is 50.9 Å². The van der Waals surface area contributed by atoms with Crippen LogP contribution in [0.2, 0.25) is 0 Å². The Kier molecular flexibility index (Phi) is 8.81. The number of aromatic nitrogens is 1. The summed E-state index contributed by atoms with van der Waals surface area (Å²) in [6.07, 6.45) is 16.1. The lowest BCUT2D eigenvalue weighted by Gasteiger charge is -2.24. The summed E-state index contributed by atoms with van der Waals surface area (Å²) in [6.45, 7) is 4.63. The van der Waals surface area contributed by atoms with Gasteiger partial charge in [-0.15, -0.1) is 0 Å². The van der Waals surface area contributed by atoms with Crippen molar-refractivity contribution in [2.45, 2.75) is 103 Å². The van der Waals surface area contributed by atoms with Crippen molar-refractivity contribution in [1.29, 1.82) is 0 Å². The molecule has 1 aromatic heterocycles. The van der Waals surface area contributed by atoms with E-state index in [4.69, 9.17) is 4.74 Å². The van der Waals surface area contributed by atoms with E-state index in [2.05, 4.69) is 5.32 Å². The van der Waals surface area contributed by atoms with Gasteiger partial charge in [-0.25, -0.2) is 0 Å². The van der Waals surface area contributed by atoms with Crippen molar-refractivity contribution in [3.05, 3.63) is 33.7 Å². The lowest BCUT2D eigenvalue weighted by atomic mass is 9.96. The minimum atomic E-state index is -0.450. The van der Waals surface area contributed by atoms with Gasteiger partial charge in [0.1, 0.15) is 11.1 Å². The Bertz CT molecular complexity index is 894. The number of carbonyl (C=O) groups is 2. The normalized spacial score (nSPS) is 21.6. The average Bonchev–Trinajstić information content (AvgIpc) is 3.48. The number of ether oxygens (including phenoxy) is 1. The molecule has 1 atom stereocenters. The Labute approximate surface area is 203 Å². The van der Waals surface area contributed by atoms with Gasteiger partial charge in [0.2, 0.25) is 5.43 Å². The van der Waals surface area contributed by atoms with E-state index in [9.17, 15) is 14.4 Å². The first-order chi connectivity index (χ1) is 16.5. The smallest absolute Gasteiger partial charge is 0.259 e. The van der Waals surface area contributed by atoms with Crippen molar-refractivity contribution in [2.24, 2.45) is 5.92 Å².